The molecule has 0 fully saturated rings. The number of carbonyl (C=O) groups excluding carboxylic acids is 1. The number of rotatable bonds is 8. The van der Waals surface area contributed by atoms with Gasteiger partial charge in [0.15, 0.2) is 15.3 Å². The molecule has 5 nitrogen and oxygen atoms in total. The van der Waals surface area contributed by atoms with Crippen molar-refractivity contribution in [2.24, 2.45) is 0 Å². The van der Waals surface area contributed by atoms with Crippen molar-refractivity contribution in [2.75, 3.05) is 5.75 Å². The van der Waals surface area contributed by atoms with E-state index < -0.39 is 0 Å². The van der Waals surface area contributed by atoms with Gasteiger partial charge in [-0.05, 0) is 26.0 Å². The number of ketones is 1. The third kappa shape index (κ3) is 4.71. The molecule has 0 N–H and O–H groups in total. The maximum atomic E-state index is 12.4. The van der Waals surface area contributed by atoms with Gasteiger partial charge in [-0.1, -0.05) is 65.5 Å². The summed E-state index contributed by atoms with van der Waals surface area (Å²) in [6.07, 6.45) is 0. The second-order valence-electron chi connectivity index (χ2n) is 6.46. The zero-order chi connectivity index (χ0) is 20.2. The van der Waals surface area contributed by atoms with Crippen molar-refractivity contribution < 1.29 is 4.79 Å². The van der Waals surface area contributed by atoms with E-state index in [1.807, 2.05) is 49.4 Å². The number of para-hydroxylation sites is 1. The summed E-state index contributed by atoms with van der Waals surface area (Å²) in [5, 5.41) is 9.46. The number of hydrogen-bond donors (Lipinski definition) is 0. The van der Waals surface area contributed by atoms with Crippen molar-refractivity contribution in [2.45, 2.75) is 35.6 Å². The van der Waals surface area contributed by atoms with Gasteiger partial charge in [-0.25, -0.2) is 4.98 Å². The number of thiazole rings is 1. The Morgan fingerprint density at radius 3 is 2.62 bits per heavy atom. The molecular weight excluding hydrogens is 420 g/mol. The van der Waals surface area contributed by atoms with Crippen LogP contribution in [0.15, 0.2) is 58.0 Å². The smallest absolute Gasteiger partial charge is 0.191 e. The Balaban J connectivity index is 1.40. The van der Waals surface area contributed by atoms with Crippen LogP contribution in [0.4, 0.5) is 0 Å². The van der Waals surface area contributed by atoms with Gasteiger partial charge in [-0.15, -0.1) is 21.5 Å². The highest BCUT2D eigenvalue weighted by Crippen LogP contribution is 2.31. The standard InChI is InChI=1S/C21H20N4OS3/c1-3-25-19(13-28-21-22-16-6-4-5-7-18(16)29-21)23-24-20(25)27-12-17(26)15-10-8-14(2)9-11-15/h4-11H,3,12-13H2,1-2H3. The van der Waals surface area contributed by atoms with Crippen molar-refractivity contribution in [3.8, 4) is 0 Å². The molecule has 0 spiro atoms. The maximum Gasteiger partial charge on any atom is 0.191 e. The summed E-state index contributed by atoms with van der Waals surface area (Å²) in [6.45, 7) is 4.85. The fourth-order valence-electron chi connectivity index (χ4n) is 2.84. The van der Waals surface area contributed by atoms with Crippen LogP contribution in [0.5, 0.6) is 0 Å². The van der Waals surface area contributed by atoms with E-state index >= 15 is 0 Å². The first-order chi connectivity index (χ1) is 14.1. The maximum absolute atomic E-state index is 12.4. The predicted octanol–water partition coefficient (Wildman–Crippen LogP) is 5.48. The normalized spacial score (nSPS) is 11.2. The Morgan fingerprint density at radius 2 is 1.86 bits per heavy atom. The second-order valence-corrected chi connectivity index (χ2v) is 9.65. The average molecular weight is 441 g/mol. The summed E-state index contributed by atoms with van der Waals surface area (Å²) in [4.78, 5) is 17.1. The quantitative estimate of drug-likeness (QED) is 0.267. The van der Waals surface area contributed by atoms with Crippen molar-refractivity contribution in [1.82, 2.24) is 19.7 Å². The van der Waals surface area contributed by atoms with Gasteiger partial charge in [-0.2, -0.15) is 0 Å². The third-order valence-corrected chi connectivity index (χ3v) is 7.56. The number of hydrogen-bond acceptors (Lipinski definition) is 7. The largest absolute Gasteiger partial charge is 0.306 e. The summed E-state index contributed by atoms with van der Waals surface area (Å²) in [5.74, 6) is 2.06. The zero-order valence-electron chi connectivity index (χ0n) is 16.2. The van der Waals surface area contributed by atoms with Crippen LogP contribution in [0.25, 0.3) is 10.2 Å². The summed E-state index contributed by atoms with van der Waals surface area (Å²) < 4.78 is 4.30. The molecule has 0 amide bonds. The number of aryl methyl sites for hydroxylation is 1. The summed E-state index contributed by atoms with van der Waals surface area (Å²) in [6, 6.07) is 15.8. The molecule has 0 saturated heterocycles. The Bertz CT molecular complexity index is 1100. The van der Waals surface area contributed by atoms with Crippen molar-refractivity contribution in [3.05, 3.63) is 65.5 Å². The molecule has 0 aliphatic carbocycles. The molecular formula is C21H20N4OS3. The molecule has 29 heavy (non-hydrogen) atoms. The van der Waals surface area contributed by atoms with Crippen molar-refractivity contribution >= 4 is 50.9 Å². The molecule has 0 saturated carbocycles. The summed E-state index contributed by atoms with van der Waals surface area (Å²) in [5.41, 5.74) is 2.91. The molecule has 2 aromatic carbocycles. The van der Waals surface area contributed by atoms with E-state index in [4.69, 9.17) is 0 Å². The topological polar surface area (TPSA) is 60.7 Å². The van der Waals surface area contributed by atoms with Gasteiger partial charge in [0.05, 0.1) is 21.7 Å². The van der Waals surface area contributed by atoms with E-state index in [9.17, 15) is 4.79 Å². The van der Waals surface area contributed by atoms with Crippen molar-refractivity contribution in [1.29, 1.82) is 0 Å². The van der Waals surface area contributed by atoms with Gasteiger partial charge in [0.2, 0.25) is 0 Å². The third-order valence-electron chi connectivity index (χ3n) is 4.41. The van der Waals surface area contributed by atoms with E-state index in [2.05, 4.69) is 32.7 Å². The molecule has 148 valence electrons. The van der Waals surface area contributed by atoms with Crippen LogP contribution in [0.1, 0.15) is 28.7 Å². The highest BCUT2D eigenvalue weighted by Gasteiger charge is 2.15. The fraction of sp³-hybridized carbons (Fsp3) is 0.238. The molecule has 0 aliphatic rings. The highest BCUT2D eigenvalue weighted by atomic mass is 32.2. The molecule has 0 radical (unpaired) electrons. The first-order valence-electron chi connectivity index (χ1n) is 9.27. The number of thioether (sulfide) groups is 2. The van der Waals surface area contributed by atoms with Crippen LogP contribution >= 0.6 is 34.9 Å². The minimum Gasteiger partial charge on any atom is -0.306 e. The Hall–Kier alpha value is -2.16. The molecule has 0 bridgehead atoms. The molecule has 0 aliphatic heterocycles. The van der Waals surface area contributed by atoms with E-state index in [-0.39, 0.29) is 5.78 Å². The number of carbonyl (C=O) groups is 1. The second kappa shape index (κ2) is 9.11. The summed E-state index contributed by atoms with van der Waals surface area (Å²) >= 11 is 4.81. The van der Waals surface area contributed by atoms with E-state index in [1.165, 1.54) is 16.5 Å². The first kappa shape index (κ1) is 20.1. The van der Waals surface area contributed by atoms with Crippen LogP contribution in [0, 0.1) is 6.92 Å². The monoisotopic (exact) mass is 440 g/mol. The highest BCUT2D eigenvalue weighted by molar-refractivity contribution is 8.00. The molecule has 0 atom stereocenters. The van der Waals surface area contributed by atoms with Gasteiger partial charge < -0.3 is 4.57 Å². The van der Waals surface area contributed by atoms with Crippen LogP contribution in [0.3, 0.4) is 0 Å². The van der Waals surface area contributed by atoms with Crippen LogP contribution < -0.4 is 0 Å². The van der Waals surface area contributed by atoms with Crippen LogP contribution in [0.2, 0.25) is 0 Å². The number of Topliss-reactive ketones (excluding diaryl/α,β-unsaturated/α-hetero) is 1. The lowest BCUT2D eigenvalue weighted by molar-refractivity contribution is 0.102. The van der Waals surface area contributed by atoms with Gasteiger partial charge in [0.25, 0.3) is 0 Å². The van der Waals surface area contributed by atoms with Gasteiger partial charge in [-0.3, -0.25) is 4.79 Å². The molecule has 0 unspecified atom stereocenters. The van der Waals surface area contributed by atoms with E-state index in [0.29, 0.717) is 11.5 Å². The minimum atomic E-state index is 0.103. The molecule has 4 rings (SSSR count). The molecule has 4 aromatic rings. The lowest BCUT2D eigenvalue weighted by Crippen LogP contribution is -2.06. The Labute approximate surface area is 182 Å². The number of aromatic nitrogens is 4. The molecule has 2 heterocycles. The first-order valence-corrected chi connectivity index (χ1v) is 12.1. The van der Waals surface area contributed by atoms with Gasteiger partial charge >= 0.3 is 0 Å². The fourth-order valence-corrected chi connectivity index (χ4v) is 5.77. The van der Waals surface area contributed by atoms with Gasteiger partial charge in [0.1, 0.15) is 5.82 Å². The number of nitrogens with zero attached hydrogens (tertiary/aromatic N) is 4. The van der Waals surface area contributed by atoms with E-state index in [0.717, 1.165) is 38.5 Å². The van der Waals surface area contributed by atoms with Crippen molar-refractivity contribution in [3.63, 3.8) is 0 Å². The lowest BCUT2D eigenvalue weighted by atomic mass is 10.1. The Morgan fingerprint density at radius 1 is 1.07 bits per heavy atom. The van der Waals surface area contributed by atoms with Gasteiger partial charge in [0, 0.05) is 12.1 Å². The minimum absolute atomic E-state index is 0.103. The molecule has 2 aromatic heterocycles. The lowest BCUT2D eigenvalue weighted by Gasteiger charge is -2.06. The predicted molar refractivity (Wildman–Crippen MR) is 121 cm³/mol. The molecule has 8 heteroatoms. The van der Waals surface area contributed by atoms with E-state index in [1.54, 1.807) is 23.1 Å². The van der Waals surface area contributed by atoms with Crippen LogP contribution in [-0.2, 0) is 12.3 Å². The zero-order valence-corrected chi connectivity index (χ0v) is 18.6. The number of fused-ring (bicyclic) bond motifs is 1. The number of benzene rings is 2. The average Bonchev–Trinajstić information content (AvgIpc) is 3.33. The summed E-state index contributed by atoms with van der Waals surface area (Å²) in [7, 11) is 0. The Kier molecular flexibility index (Phi) is 6.32. The SMILES string of the molecule is CCn1c(CSc2nc3ccccc3s2)nnc1SCC(=O)c1ccc(C)cc1. The van der Waals surface area contributed by atoms with Crippen LogP contribution in [-0.4, -0.2) is 31.3 Å².